The first kappa shape index (κ1) is 17.0. The zero-order valence-corrected chi connectivity index (χ0v) is 15.6. The lowest BCUT2D eigenvalue weighted by molar-refractivity contribution is 0.0216. The van der Waals surface area contributed by atoms with Crippen molar-refractivity contribution in [3.05, 3.63) is 46.1 Å². The molecule has 5 rings (SSSR count). The molecule has 2 bridgehead atoms. The number of hydrogen-bond acceptors (Lipinski definition) is 2. The Morgan fingerprint density at radius 1 is 1.20 bits per heavy atom. The third-order valence-electron chi connectivity index (χ3n) is 5.63. The van der Waals surface area contributed by atoms with Crippen LogP contribution >= 0.6 is 23.2 Å². The predicted octanol–water partition coefficient (Wildman–Crippen LogP) is 4.20. The van der Waals surface area contributed by atoms with Gasteiger partial charge in [-0.25, -0.2) is 0 Å². The van der Waals surface area contributed by atoms with Crippen LogP contribution in [0.5, 0.6) is 0 Å². The van der Waals surface area contributed by atoms with Gasteiger partial charge in [0.1, 0.15) is 5.69 Å². The number of rotatable bonds is 3. The maximum atomic E-state index is 12.7. The van der Waals surface area contributed by atoms with E-state index in [1.807, 2.05) is 18.2 Å². The fourth-order valence-electron chi connectivity index (χ4n) is 4.17. The average molecular weight is 378 g/mol. The quantitative estimate of drug-likeness (QED) is 0.841. The second kappa shape index (κ2) is 6.67. The molecule has 2 aromatic rings. The standard InChI is InChI=1S/C19H21Cl2N3O/c1-11-18(12-6-8-24(11)9-7-12)23-19(25)17-5-4-16(22-17)14-3-2-13(20)10-15(14)21/h2-5,10-12,18,22H,6-9H2,1H3,(H,23,25)/t11-,18-/m0/s1. The summed E-state index contributed by atoms with van der Waals surface area (Å²) in [5, 5.41) is 4.39. The molecule has 0 aliphatic carbocycles. The van der Waals surface area contributed by atoms with E-state index in [0.29, 0.717) is 27.7 Å². The Morgan fingerprint density at radius 3 is 2.64 bits per heavy atom. The summed E-state index contributed by atoms with van der Waals surface area (Å²) < 4.78 is 0. The zero-order valence-electron chi connectivity index (χ0n) is 14.1. The summed E-state index contributed by atoms with van der Waals surface area (Å²) in [4.78, 5) is 18.4. The number of halogens is 2. The lowest BCUT2D eigenvalue weighted by Crippen LogP contribution is -2.62. The number of carbonyl (C=O) groups is 1. The van der Waals surface area contributed by atoms with Gasteiger partial charge in [0.15, 0.2) is 0 Å². The molecule has 3 fully saturated rings. The molecule has 1 aromatic carbocycles. The molecule has 1 amide bonds. The highest BCUT2D eigenvalue weighted by Crippen LogP contribution is 2.33. The van der Waals surface area contributed by atoms with E-state index in [9.17, 15) is 4.79 Å². The van der Waals surface area contributed by atoms with Crippen molar-refractivity contribution in [1.29, 1.82) is 0 Å². The number of amides is 1. The number of aromatic nitrogens is 1. The number of aromatic amines is 1. The number of piperidine rings is 3. The van der Waals surface area contributed by atoms with Crippen molar-refractivity contribution in [3.63, 3.8) is 0 Å². The fourth-order valence-corrected chi connectivity index (χ4v) is 4.68. The third kappa shape index (κ3) is 3.19. The van der Waals surface area contributed by atoms with Gasteiger partial charge in [0, 0.05) is 28.4 Å². The molecule has 3 aliphatic rings. The van der Waals surface area contributed by atoms with Gasteiger partial charge in [-0.15, -0.1) is 0 Å². The molecule has 3 saturated heterocycles. The van der Waals surface area contributed by atoms with Crippen molar-refractivity contribution in [3.8, 4) is 11.3 Å². The summed E-state index contributed by atoms with van der Waals surface area (Å²) in [6, 6.07) is 9.66. The summed E-state index contributed by atoms with van der Waals surface area (Å²) in [7, 11) is 0. The molecule has 1 aromatic heterocycles. The van der Waals surface area contributed by atoms with Crippen LogP contribution < -0.4 is 5.32 Å². The van der Waals surface area contributed by atoms with Crippen LogP contribution in [0.15, 0.2) is 30.3 Å². The van der Waals surface area contributed by atoms with Crippen LogP contribution in [0.25, 0.3) is 11.3 Å². The zero-order chi connectivity index (χ0) is 17.6. The minimum Gasteiger partial charge on any atom is -0.351 e. The molecule has 132 valence electrons. The van der Waals surface area contributed by atoms with Gasteiger partial charge in [-0.2, -0.15) is 0 Å². The molecule has 2 N–H and O–H groups in total. The van der Waals surface area contributed by atoms with Crippen molar-refractivity contribution in [1.82, 2.24) is 15.2 Å². The highest BCUT2D eigenvalue weighted by atomic mass is 35.5. The van der Waals surface area contributed by atoms with E-state index in [-0.39, 0.29) is 11.9 Å². The molecule has 0 radical (unpaired) electrons. The van der Waals surface area contributed by atoms with Gasteiger partial charge >= 0.3 is 0 Å². The van der Waals surface area contributed by atoms with Crippen molar-refractivity contribution in [2.45, 2.75) is 31.8 Å². The topological polar surface area (TPSA) is 48.1 Å². The molecule has 0 unspecified atom stereocenters. The molecule has 3 aliphatic heterocycles. The Hall–Kier alpha value is -1.49. The smallest absolute Gasteiger partial charge is 0.267 e. The molecular formula is C19H21Cl2N3O. The number of carbonyl (C=O) groups excluding carboxylic acids is 1. The summed E-state index contributed by atoms with van der Waals surface area (Å²) in [6.07, 6.45) is 2.34. The molecule has 4 heterocycles. The lowest BCUT2D eigenvalue weighted by Gasteiger charge is -2.49. The maximum absolute atomic E-state index is 12.7. The Kier molecular flexibility index (Phi) is 4.52. The van der Waals surface area contributed by atoms with Crippen LogP contribution in [-0.4, -0.2) is 41.0 Å². The molecule has 4 nitrogen and oxygen atoms in total. The van der Waals surface area contributed by atoms with Gasteiger partial charge in [-0.3, -0.25) is 9.69 Å². The van der Waals surface area contributed by atoms with Crippen molar-refractivity contribution < 1.29 is 4.79 Å². The predicted molar refractivity (Wildman–Crippen MR) is 101 cm³/mol. The Morgan fingerprint density at radius 2 is 1.96 bits per heavy atom. The highest BCUT2D eigenvalue weighted by molar-refractivity contribution is 6.36. The average Bonchev–Trinajstić information content (AvgIpc) is 3.08. The summed E-state index contributed by atoms with van der Waals surface area (Å²) in [5.74, 6) is 0.533. The molecular weight excluding hydrogens is 357 g/mol. The second-order valence-corrected chi connectivity index (χ2v) is 7.87. The van der Waals surface area contributed by atoms with Crippen LogP contribution in [-0.2, 0) is 0 Å². The van der Waals surface area contributed by atoms with Crippen LogP contribution in [0.1, 0.15) is 30.3 Å². The highest BCUT2D eigenvalue weighted by Gasteiger charge is 2.40. The summed E-state index contributed by atoms with van der Waals surface area (Å²) in [6.45, 7) is 4.52. The molecule has 25 heavy (non-hydrogen) atoms. The van der Waals surface area contributed by atoms with E-state index < -0.39 is 0 Å². The SMILES string of the molecule is C[C@H]1[C@H](NC(=O)c2ccc(-c3ccc(Cl)cc3Cl)[nH]2)C2CCN1CC2. The van der Waals surface area contributed by atoms with Crippen LogP contribution in [0.3, 0.4) is 0 Å². The fraction of sp³-hybridized carbons (Fsp3) is 0.421. The third-order valence-corrected chi connectivity index (χ3v) is 6.18. The molecule has 6 heteroatoms. The lowest BCUT2D eigenvalue weighted by atomic mass is 9.79. The van der Waals surface area contributed by atoms with Crippen molar-refractivity contribution in [2.24, 2.45) is 5.92 Å². The van der Waals surface area contributed by atoms with E-state index in [0.717, 1.165) is 24.3 Å². The maximum Gasteiger partial charge on any atom is 0.267 e. The first-order valence-electron chi connectivity index (χ1n) is 8.72. The number of fused-ring (bicyclic) bond motifs is 3. The van der Waals surface area contributed by atoms with Crippen molar-refractivity contribution in [2.75, 3.05) is 13.1 Å². The summed E-state index contributed by atoms with van der Waals surface area (Å²) >= 11 is 12.2. The van der Waals surface area contributed by atoms with Gasteiger partial charge in [0.25, 0.3) is 5.91 Å². The van der Waals surface area contributed by atoms with Crippen LogP contribution in [0, 0.1) is 5.92 Å². The number of hydrogen-bond donors (Lipinski definition) is 2. The van der Waals surface area contributed by atoms with E-state index in [1.54, 1.807) is 12.1 Å². The van der Waals surface area contributed by atoms with E-state index in [1.165, 1.54) is 12.8 Å². The Balaban J connectivity index is 1.51. The first-order chi connectivity index (χ1) is 12.0. The van der Waals surface area contributed by atoms with Gasteiger partial charge < -0.3 is 10.3 Å². The Bertz CT molecular complexity index is 794. The number of nitrogens with zero attached hydrogens (tertiary/aromatic N) is 1. The first-order valence-corrected chi connectivity index (χ1v) is 9.48. The minimum atomic E-state index is -0.0538. The van der Waals surface area contributed by atoms with Crippen LogP contribution in [0.2, 0.25) is 10.0 Å². The van der Waals surface area contributed by atoms with E-state index in [2.05, 4.69) is 22.1 Å². The largest absolute Gasteiger partial charge is 0.351 e. The van der Waals surface area contributed by atoms with E-state index >= 15 is 0 Å². The number of nitrogens with one attached hydrogen (secondary N) is 2. The van der Waals surface area contributed by atoms with Crippen molar-refractivity contribution >= 4 is 29.1 Å². The molecule has 0 spiro atoms. The number of H-pyrrole nitrogens is 1. The van der Waals surface area contributed by atoms with E-state index in [4.69, 9.17) is 23.2 Å². The monoisotopic (exact) mass is 377 g/mol. The molecule has 0 saturated carbocycles. The van der Waals surface area contributed by atoms with Gasteiger partial charge in [0.2, 0.25) is 0 Å². The second-order valence-electron chi connectivity index (χ2n) is 7.02. The minimum absolute atomic E-state index is 0.0538. The van der Waals surface area contributed by atoms with Crippen LogP contribution in [0.4, 0.5) is 0 Å². The molecule has 2 atom stereocenters. The Labute approximate surface area is 157 Å². The van der Waals surface area contributed by atoms with Gasteiger partial charge in [0.05, 0.1) is 5.02 Å². The van der Waals surface area contributed by atoms with Gasteiger partial charge in [-0.1, -0.05) is 23.2 Å². The number of benzene rings is 1. The normalized spacial score (nSPS) is 28.1. The summed E-state index contributed by atoms with van der Waals surface area (Å²) in [5.41, 5.74) is 2.21. The van der Waals surface area contributed by atoms with Gasteiger partial charge in [-0.05, 0) is 69.1 Å².